The molecule has 0 fully saturated rings. The summed E-state index contributed by atoms with van der Waals surface area (Å²) in [5, 5.41) is 27.6. The highest BCUT2D eigenvalue weighted by Crippen LogP contribution is 2.20. The maximum atomic E-state index is 12.3. The van der Waals surface area contributed by atoms with Crippen LogP contribution in [-0.4, -0.2) is 49.9 Å². The van der Waals surface area contributed by atoms with Crippen LogP contribution in [0.1, 0.15) is 22.6 Å². The van der Waals surface area contributed by atoms with Crippen molar-refractivity contribution >= 4 is 11.9 Å². The van der Waals surface area contributed by atoms with E-state index in [9.17, 15) is 19.8 Å². The largest absolute Gasteiger partial charge is 0.481 e. The van der Waals surface area contributed by atoms with Crippen molar-refractivity contribution in [3.8, 4) is 11.1 Å². The summed E-state index contributed by atoms with van der Waals surface area (Å²) < 4.78 is 0. The summed E-state index contributed by atoms with van der Waals surface area (Å²) in [7, 11) is 0. The molecule has 2 aromatic carbocycles. The topological polar surface area (TPSA) is 128 Å². The van der Waals surface area contributed by atoms with Crippen molar-refractivity contribution in [3.63, 3.8) is 0 Å². The van der Waals surface area contributed by atoms with Gasteiger partial charge in [0, 0.05) is 6.04 Å². The first kappa shape index (κ1) is 20.2. The lowest BCUT2D eigenvalue weighted by atomic mass is 9.94. The number of carboxylic acids is 1. The molecule has 0 aliphatic carbocycles. The van der Waals surface area contributed by atoms with Gasteiger partial charge in [0.15, 0.2) is 0 Å². The molecule has 0 saturated heterocycles. The summed E-state index contributed by atoms with van der Waals surface area (Å²) in [4.78, 5) is 27.5. The SMILES string of the molecule is O=C(N[C@H](Cc1ccc(-c2ccccc2)cc1)C[C@@H](CO)C(=O)O)c1ncn[nH]1. The van der Waals surface area contributed by atoms with Crippen LogP contribution in [0.5, 0.6) is 0 Å². The molecule has 0 radical (unpaired) electrons. The number of nitrogens with one attached hydrogen (secondary N) is 2. The number of H-pyrrole nitrogens is 1. The molecule has 29 heavy (non-hydrogen) atoms. The monoisotopic (exact) mass is 394 g/mol. The molecule has 4 N–H and O–H groups in total. The Morgan fingerprint density at radius 3 is 2.31 bits per heavy atom. The first-order chi connectivity index (χ1) is 14.1. The molecule has 0 aliphatic rings. The fourth-order valence-electron chi connectivity index (χ4n) is 3.11. The zero-order chi connectivity index (χ0) is 20.6. The molecule has 1 amide bonds. The molecule has 0 saturated carbocycles. The number of amides is 1. The van der Waals surface area contributed by atoms with Crippen LogP contribution in [0.15, 0.2) is 60.9 Å². The third-order valence-corrected chi connectivity index (χ3v) is 4.65. The number of benzene rings is 2. The average molecular weight is 394 g/mol. The maximum absolute atomic E-state index is 12.3. The maximum Gasteiger partial charge on any atom is 0.308 e. The van der Waals surface area contributed by atoms with Crippen molar-refractivity contribution in [2.75, 3.05) is 6.61 Å². The quantitative estimate of drug-likeness (QED) is 0.439. The van der Waals surface area contributed by atoms with E-state index in [0.717, 1.165) is 16.7 Å². The second-order valence-corrected chi connectivity index (χ2v) is 6.72. The van der Waals surface area contributed by atoms with Gasteiger partial charge >= 0.3 is 5.97 Å². The zero-order valence-electron chi connectivity index (χ0n) is 15.7. The van der Waals surface area contributed by atoms with Crippen molar-refractivity contribution in [2.24, 2.45) is 5.92 Å². The van der Waals surface area contributed by atoms with Gasteiger partial charge < -0.3 is 15.5 Å². The van der Waals surface area contributed by atoms with E-state index >= 15 is 0 Å². The number of hydrogen-bond acceptors (Lipinski definition) is 5. The summed E-state index contributed by atoms with van der Waals surface area (Å²) in [6.07, 6.45) is 1.73. The van der Waals surface area contributed by atoms with E-state index in [-0.39, 0.29) is 12.2 Å². The lowest BCUT2D eigenvalue weighted by Gasteiger charge is -2.21. The van der Waals surface area contributed by atoms with E-state index in [0.29, 0.717) is 6.42 Å². The predicted molar refractivity (Wildman–Crippen MR) is 106 cm³/mol. The minimum Gasteiger partial charge on any atom is -0.481 e. The molecule has 2 atom stereocenters. The van der Waals surface area contributed by atoms with E-state index < -0.39 is 30.4 Å². The van der Waals surface area contributed by atoms with Gasteiger partial charge in [-0.3, -0.25) is 14.7 Å². The highest BCUT2D eigenvalue weighted by Gasteiger charge is 2.24. The van der Waals surface area contributed by atoms with E-state index in [1.54, 1.807) is 0 Å². The fraction of sp³-hybridized carbons (Fsp3) is 0.238. The Kier molecular flexibility index (Phi) is 6.70. The van der Waals surface area contributed by atoms with Crippen LogP contribution in [0.4, 0.5) is 0 Å². The molecule has 0 spiro atoms. The number of aliphatic hydroxyl groups is 1. The summed E-state index contributed by atoms with van der Waals surface area (Å²) >= 11 is 0. The van der Waals surface area contributed by atoms with Gasteiger partial charge in [0.25, 0.3) is 5.91 Å². The number of aromatic nitrogens is 3. The number of aliphatic carboxylic acids is 1. The van der Waals surface area contributed by atoms with Gasteiger partial charge in [-0.25, -0.2) is 4.98 Å². The van der Waals surface area contributed by atoms with Crippen molar-refractivity contribution in [1.29, 1.82) is 0 Å². The van der Waals surface area contributed by atoms with E-state index in [1.807, 2.05) is 54.6 Å². The van der Waals surface area contributed by atoms with Gasteiger partial charge in [-0.2, -0.15) is 5.10 Å². The Bertz CT molecular complexity index is 927. The molecule has 1 aromatic heterocycles. The standard InChI is InChI=1S/C21H22N4O4/c26-12-17(21(28)29)11-18(24-20(27)19-22-13-23-25-19)10-14-6-8-16(9-7-14)15-4-2-1-3-5-15/h1-9,13,17-18,26H,10-12H2,(H,24,27)(H,28,29)(H,22,23,25)/t17-,18+/m0/s1. The zero-order valence-corrected chi connectivity index (χ0v) is 15.7. The molecule has 150 valence electrons. The minimum absolute atomic E-state index is 0.0466. The van der Waals surface area contributed by atoms with Crippen molar-refractivity contribution < 1.29 is 19.8 Å². The van der Waals surface area contributed by atoms with E-state index in [4.69, 9.17) is 0 Å². The Morgan fingerprint density at radius 2 is 1.72 bits per heavy atom. The molecular formula is C21H22N4O4. The second-order valence-electron chi connectivity index (χ2n) is 6.72. The van der Waals surface area contributed by atoms with Crippen molar-refractivity contribution in [3.05, 3.63) is 72.3 Å². The normalized spacial score (nSPS) is 12.9. The second kappa shape index (κ2) is 9.61. The van der Waals surface area contributed by atoms with Gasteiger partial charge in [-0.1, -0.05) is 54.6 Å². The number of aromatic amines is 1. The first-order valence-electron chi connectivity index (χ1n) is 9.21. The van der Waals surface area contributed by atoms with Crippen LogP contribution in [-0.2, 0) is 11.2 Å². The molecule has 8 nitrogen and oxygen atoms in total. The van der Waals surface area contributed by atoms with Crippen molar-refractivity contribution in [1.82, 2.24) is 20.5 Å². The molecule has 1 heterocycles. The Balaban J connectivity index is 1.74. The Labute approximate surface area is 167 Å². The summed E-state index contributed by atoms with van der Waals surface area (Å²) in [6, 6.07) is 17.3. The Morgan fingerprint density at radius 1 is 1.03 bits per heavy atom. The number of carbonyl (C=O) groups is 2. The molecule has 3 aromatic rings. The number of carboxylic acid groups (broad SMARTS) is 1. The molecule has 3 rings (SSSR count). The smallest absolute Gasteiger partial charge is 0.308 e. The molecule has 0 bridgehead atoms. The van der Waals surface area contributed by atoms with Gasteiger partial charge in [0.1, 0.15) is 6.33 Å². The number of hydrogen-bond donors (Lipinski definition) is 4. The lowest BCUT2D eigenvalue weighted by molar-refractivity contribution is -0.143. The minimum atomic E-state index is -1.11. The molecular weight excluding hydrogens is 372 g/mol. The average Bonchev–Trinajstić information content (AvgIpc) is 3.28. The molecule has 0 unspecified atom stereocenters. The summed E-state index contributed by atoms with van der Waals surface area (Å²) in [6.45, 7) is -0.503. The Hall–Kier alpha value is -3.52. The van der Waals surface area contributed by atoms with Gasteiger partial charge in [-0.15, -0.1) is 0 Å². The number of rotatable bonds is 9. The van der Waals surface area contributed by atoms with E-state index in [1.165, 1.54) is 6.33 Å². The van der Waals surface area contributed by atoms with E-state index in [2.05, 4.69) is 20.5 Å². The number of nitrogens with zero attached hydrogens (tertiary/aromatic N) is 2. The first-order valence-corrected chi connectivity index (χ1v) is 9.21. The highest BCUT2D eigenvalue weighted by molar-refractivity contribution is 5.90. The number of carbonyl (C=O) groups excluding carboxylic acids is 1. The summed E-state index contributed by atoms with van der Waals surface area (Å²) in [5.41, 5.74) is 3.10. The molecule has 0 aliphatic heterocycles. The lowest BCUT2D eigenvalue weighted by Crippen LogP contribution is -2.40. The fourth-order valence-corrected chi connectivity index (χ4v) is 3.11. The summed E-state index contributed by atoms with van der Waals surface area (Å²) in [5.74, 6) is -2.51. The van der Waals surface area contributed by atoms with Crippen LogP contribution in [0.3, 0.4) is 0 Å². The number of aliphatic hydroxyl groups excluding tert-OH is 1. The molecule has 8 heteroatoms. The van der Waals surface area contributed by atoms with Crippen LogP contribution >= 0.6 is 0 Å². The third kappa shape index (κ3) is 5.49. The van der Waals surface area contributed by atoms with Crippen LogP contribution in [0.25, 0.3) is 11.1 Å². The highest BCUT2D eigenvalue weighted by atomic mass is 16.4. The van der Waals surface area contributed by atoms with Crippen molar-refractivity contribution in [2.45, 2.75) is 18.9 Å². The predicted octanol–water partition coefficient (Wildman–Crippen LogP) is 1.90. The van der Waals surface area contributed by atoms with Crippen LogP contribution in [0.2, 0.25) is 0 Å². The van der Waals surface area contributed by atoms with Crippen LogP contribution in [0, 0.1) is 5.92 Å². The van der Waals surface area contributed by atoms with Gasteiger partial charge in [0.2, 0.25) is 5.82 Å². The third-order valence-electron chi connectivity index (χ3n) is 4.65. The van der Waals surface area contributed by atoms with Gasteiger partial charge in [0.05, 0.1) is 12.5 Å². The van der Waals surface area contributed by atoms with Crippen LogP contribution < -0.4 is 5.32 Å². The van der Waals surface area contributed by atoms with Gasteiger partial charge in [-0.05, 0) is 29.5 Å².